The van der Waals surface area contributed by atoms with Gasteiger partial charge in [0.15, 0.2) is 0 Å². The van der Waals surface area contributed by atoms with E-state index in [-0.39, 0.29) is 19.0 Å². The Morgan fingerprint density at radius 3 is 2.33 bits per heavy atom. The first-order valence-electron chi connectivity index (χ1n) is 6.20. The van der Waals surface area contributed by atoms with E-state index in [1.54, 1.807) is 0 Å². The Morgan fingerprint density at radius 1 is 1.24 bits per heavy atom. The van der Waals surface area contributed by atoms with E-state index in [1.165, 1.54) is 6.07 Å². The molecule has 1 aliphatic rings. The van der Waals surface area contributed by atoms with Crippen LogP contribution in [0.4, 0.5) is 17.6 Å². The molecule has 0 spiro atoms. The molecule has 2 unspecified atom stereocenters. The van der Waals surface area contributed by atoms with Crippen LogP contribution in [0.25, 0.3) is 0 Å². The molecule has 0 aromatic heterocycles. The second-order valence-electron chi connectivity index (χ2n) is 4.99. The number of benzene rings is 1. The van der Waals surface area contributed by atoms with Crippen molar-refractivity contribution in [2.24, 2.45) is 5.14 Å². The zero-order valence-electron chi connectivity index (χ0n) is 10.8. The molecule has 0 amide bonds. The van der Waals surface area contributed by atoms with Crippen LogP contribution in [0.2, 0.25) is 0 Å². The Balaban J connectivity index is 2.13. The lowest BCUT2D eigenvalue weighted by Crippen LogP contribution is -2.43. The highest BCUT2D eigenvalue weighted by atomic mass is 32.2. The maximum atomic E-state index is 13.5. The number of alkyl halides is 3. The van der Waals surface area contributed by atoms with Crippen molar-refractivity contribution in [2.75, 3.05) is 6.54 Å². The van der Waals surface area contributed by atoms with Crippen LogP contribution in [0.3, 0.4) is 0 Å². The fourth-order valence-corrected chi connectivity index (χ4v) is 3.17. The lowest BCUT2D eigenvalue weighted by atomic mass is 9.96. The summed E-state index contributed by atoms with van der Waals surface area (Å²) >= 11 is 0. The lowest BCUT2D eigenvalue weighted by Gasteiger charge is -2.29. The summed E-state index contributed by atoms with van der Waals surface area (Å²) in [5.74, 6) is -1.34. The van der Waals surface area contributed by atoms with E-state index in [1.807, 2.05) is 0 Å². The molecular formula is C12H14F4N2O2S. The number of piperidine rings is 1. The largest absolute Gasteiger partial charge is 0.419 e. The van der Waals surface area contributed by atoms with Gasteiger partial charge in [-0.1, -0.05) is 6.07 Å². The van der Waals surface area contributed by atoms with Crippen LogP contribution in [0.15, 0.2) is 18.2 Å². The van der Waals surface area contributed by atoms with Crippen LogP contribution in [0.5, 0.6) is 0 Å². The van der Waals surface area contributed by atoms with Crippen molar-refractivity contribution in [3.63, 3.8) is 0 Å². The van der Waals surface area contributed by atoms with E-state index in [0.717, 1.165) is 6.07 Å². The highest BCUT2D eigenvalue weighted by Crippen LogP contribution is 2.33. The zero-order valence-corrected chi connectivity index (χ0v) is 11.6. The van der Waals surface area contributed by atoms with Gasteiger partial charge in [-0.3, -0.25) is 0 Å². The predicted molar refractivity (Wildman–Crippen MR) is 68.3 cm³/mol. The smallest absolute Gasteiger partial charge is 0.309 e. The maximum absolute atomic E-state index is 13.5. The number of hydrogen-bond acceptors (Lipinski definition) is 3. The number of halogens is 4. The van der Waals surface area contributed by atoms with Gasteiger partial charge in [0.25, 0.3) is 0 Å². The molecule has 1 saturated heterocycles. The highest BCUT2D eigenvalue weighted by Gasteiger charge is 2.35. The number of nitrogens with two attached hydrogens (primary N) is 1. The third-order valence-corrected chi connectivity index (χ3v) is 4.87. The Labute approximate surface area is 119 Å². The summed E-state index contributed by atoms with van der Waals surface area (Å²) in [7, 11) is -3.65. The quantitative estimate of drug-likeness (QED) is 0.816. The normalized spacial score (nSPS) is 24.0. The van der Waals surface area contributed by atoms with Crippen molar-refractivity contribution in [3.05, 3.63) is 35.1 Å². The molecule has 118 valence electrons. The summed E-state index contributed by atoms with van der Waals surface area (Å²) in [5.41, 5.74) is -0.960. The fourth-order valence-electron chi connectivity index (χ4n) is 2.37. The Kier molecular flexibility index (Phi) is 4.27. The molecule has 1 aromatic rings. The highest BCUT2D eigenvalue weighted by molar-refractivity contribution is 7.89. The number of rotatable bonds is 2. The molecule has 2 rings (SSSR count). The molecule has 3 N–H and O–H groups in total. The molecule has 9 heteroatoms. The van der Waals surface area contributed by atoms with Crippen LogP contribution >= 0.6 is 0 Å². The molecule has 1 fully saturated rings. The maximum Gasteiger partial charge on any atom is 0.419 e. The minimum atomic E-state index is -4.73. The van der Waals surface area contributed by atoms with Gasteiger partial charge in [0.1, 0.15) is 5.82 Å². The first-order valence-corrected chi connectivity index (χ1v) is 7.81. The van der Waals surface area contributed by atoms with Crippen LogP contribution in [-0.2, 0) is 16.2 Å². The first kappa shape index (κ1) is 16.2. The van der Waals surface area contributed by atoms with Crippen molar-refractivity contribution < 1.29 is 26.0 Å². The Hall–Kier alpha value is -1.19. The third kappa shape index (κ3) is 3.72. The topological polar surface area (TPSA) is 72.2 Å². The van der Waals surface area contributed by atoms with Crippen LogP contribution in [0.1, 0.15) is 30.0 Å². The second kappa shape index (κ2) is 5.54. The first-order chi connectivity index (χ1) is 9.59. The summed E-state index contributed by atoms with van der Waals surface area (Å²) in [4.78, 5) is 0. The van der Waals surface area contributed by atoms with Gasteiger partial charge < -0.3 is 5.32 Å². The molecule has 1 aliphatic heterocycles. The number of nitrogens with one attached hydrogen (secondary N) is 1. The van der Waals surface area contributed by atoms with Gasteiger partial charge in [0.05, 0.1) is 10.8 Å². The molecule has 1 aromatic carbocycles. The van der Waals surface area contributed by atoms with Gasteiger partial charge in [0, 0.05) is 12.6 Å². The van der Waals surface area contributed by atoms with Gasteiger partial charge >= 0.3 is 6.18 Å². The zero-order chi connectivity index (χ0) is 15.8. The van der Waals surface area contributed by atoms with Crippen LogP contribution < -0.4 is 10.5 Å². The van der Waals surface area contributed by atoms with Crippen LogP contribution in [0, 0.1) is 5.82 Å². The third-order valence-electron chi connectivity index (χ3n) is 3.53. The molecule has 4 nitrogen and oxygen atoms in total. The van der Waals surface area contributed by atoms with E-state index >= 15 is 0 Å². The molecule has 1 heterocycles. The fraction of sp³-hybridized carbons (Fsp3) is 0.500. The van der Waals surface area contributed by atoms with Crippen molar-refractivity contribution in [2.45, 2.75) is 30.3 Å². The molecule has 0 aliphatic carbocycles. The van der Waals surface area contributed by atoms with Gasteiger partial charge in [-0.15, -0.1) is 0 Å². The standard InChI is InChI=1S/C12H14F4N2O2S/c13-10-5-7(1-3-9(10)12(14,15)16)11-4-2-8(6-18-11)21(17,19)20/h1,3,5,8,11,18H,2,4,6H2,(H2,17,19,20). The van der Waals surface area contributed by atoms with Crippen molar-refractivity contribution in [3.8, 4) is 0 Å². The van der Waals surface area contributed by atoms with Crippen molar-refractivity contribution in [1.82, 2.24) is 5.32 Å². The van der Waals surface area contributed by atoms with E-state index in [4.69, 9.17) is 5.14 Å². The lowest BCUT2D eigenvalue weighted by molar-refractivity contribution is -0.140. The van der Waals surface area contributed by atoms with Gasteiger partial charge in [-0.2, -0.15) is 13.2 Å². The Morgan fingerprint density at radius 2 is 1.90 bits per heavy atom. The summed E-state index contributed by atoms with van der Waals surface area (Å²) < 4.78 is 73.3. The van der Waals surface area contributed by atoms with Gasteiger partial charge in [-0.25, -0.2) is 17.9 Å². The van der Waals surface area contributed by atoms with Gasteiger partial charge in [-0.05, 0) is 30.5 Å². The number of sulfonamides is 1. The number of hydrogen-bond donors (Lipinski definition) is 2. The van der Waals surface area contributed by atoms with E-state index in [0.29, 0.717) is 18.1 Å². The minimum Gasteiger partial charge on any atom is -0.309 e. The summed E-state index contributed by atoms with van der Waals surface area (Å²) in [6.07, 6.45) is -4.10. The molecular weight excluding hydrogens is 312 g/mol. The van der Waals surface area contributed by atoms with E-state index in [9.17, 15) is 26.0 Å². The van der Waals surface area contributed by atoms with Crippen LogP contribution in [-0.4, -0.2) is 20.2 Å². The van der Waals surface area contributed by atoms with Crippen molar-refractivity contribution >= 4 is 10.0 Å². The summed E-state index contributed by atoms with van der Waals surface area (Å²) in [6, 6.07) is 2.33. The van der Waals surface area contributed by atoms with Crippen molar-refractivity contribution in [1.29, 1.82) is 0 Å². The average Bonchev–Trinajstić information content (AvgIpc) is 2.36. The monoisotopic (exact) mass is 326 g/mol. The second-order valence-corrected chi connectivity index (χ2v) is 6.83. The van der Waals surface area contributed by atoms with Gasteiger partial charge in [0.2, 0.25) is 10.0 Å². The molecule has 0 bridgehead atoms. The predicted octanol–water partition coefficient (Wildman–Crippen LogP) is 1.93. The van der Waals surface area contributed by atoms with E-state index < -0.39 is 32.8 Å². The number of primary sulfonamides is 1. The summed E-state index contributed by atoms with van der Waals surface area (Å²) in [6.45, 7) is 0.0894. The molecule has 2 atom stereocenters. The molecule has 0 radical (unpaired) electrons. The Bertz CT molecular complexity index is 623. The summed E-state index contributed by atoms with van der Waals surface area (Å²) in [5, 5.41) is 7.18. The molecule has 21 heavy (non-hydrogen) atoms. The van der Waals surface area contributed by atoms with E-state index in [2.05, 4.69) is 5.32 Å². The minimum absolute atomic E-state index is 0.0894. The SMILES string of the molecule is NS(=O)(=O)C1CCC(c2ccc(C(F)(F)F)c(F)c2)NC1. The average molecular weight is 326 g/mol. The molecule has 0 saturated carbocycles.